The summed E-state index contributed by atoms with van der Waals surface area (Å²) in [4.78, 5) is 10.4. The Bertz CT molecular complexity index is 246. The lowest BCUT2D eigenvalue weighted by molar-refractivity contribution is -0.104. The molecule has 0 aliphatic carbocycles. The summed E-state index contributed by atoms with van der Waals surface area (Å²) in [6.07, 6.45) is 2.43. The van der Waals surface area contributed by atoms with E-state index in [0.29, 0.717) is 23.2 Å². The van der Waals surface area contributed by atoms with E-state index in [-0.39, 0.29) is 0 Å². The first-order chi connectivity index (χ1) is 7.78. The SMILES string of the molecule is CC(=CC=O)CO[Si](C(C)C)(C(C)C)C(C)C. The normalized spacial score (nSPS) is 13.9. The van der Waals surface area contributed by atoms with Crippen LogP contribution in [0.25, 0.3) is 0 Å². The molecule has 3 heteroatoms. The second-order valence-electron chi connectivity index (χ2n) is 5.76. The summed E-state index contributed by atoms with van der Waals surface area (Å²) >= 11 is 0. The van der Waals surface area contributed by atoms with Gasteiger partial charge < -0.3 is 4.43 Å². The van der Waals surface area contributed by atoms with Crippen molar-refractivity contribution in [1.82, 2.24) is 0 Å². The summed E-state index contributed by atoms with van der Waals surface area (Å²) in [5, 5.41) is 0. The summed E-state index contributed by atoms with van der Waals surface area (Å²) < 4.78 is 6.34. The fraction of sp³-hybridized carbons (Fsp3) is 0.786. The fourth-order valence-corrected chi connectivity index (χ4v) is 8.38. The first kappa shape index (κ1) is 16.6. The lowest BCUT2D eigenvalue weighted by atomic mass is 10.3. The van der Waals surface area contributed by atoms with E-state index in [4.69, 9.17) is 4.43 Å². The van der Waals surface area contributed by atoms with Crippen LogP contribution >= 0.6 is 0 Å². The molecule has 0 amide bonds. The Morgan fingerprint density at radius 3 is 1.76 bits per heavy atom. The van der Waals surface area contributed by atoms with E-state index >= 15 is 0 Å². The van der Waals surface area contributed by atoms with Crippen molar-refractivity contribution >= 4 is 14.6 Å². The molecule has 0 saturated heterocycles. The molecule has 0 fully saturated rings. The number of carbonyl (C=O) groups excluding carboxylic acids is 1. The summed E-state index contributed by atoms with van der Waals surface area (Å²) in [7, 11) is -1.78. The van der Waals surface area contributed by atoms with Gasteiger partial charge in [0.25, 0.3) is 0 Å². The molecule has 0 aromatic heterocycles. The molecule has 0 unspecified atom stereocenters. The van der Waals surface area contributed by atoms with Crippen molar-refractivity contribution in [3.05, 3.63) is 11.6 Å². The molecular weight excluding hydrogens is 228 g/mol. The Hall–Kier alpha value is -0.413. The molecule has 2 nitrogen and oxygen atoms in total. The standard InChI is InChI=1S/C14H28O2Si/c1-11(2)17(12(3)4,13(5)6)16-10-14(7)8-9-15/h8-9,11-13H,10H2,1-7H3. The molecule has 0 aliphatic heterocycles. The zero-order chi connectivity index (χ0) is 13.6. The maximum absolute atomic E-state index is 10.4. The largest absolute Gasteiger partial charge is 0.412 e. The quantitative estimate of drug-likeness (QED) is 0.385. The molecule has 17 heavy (non-hydrogen) atoms. The fourth-order valence-electron chi connectivity index (χ4n) is 2.90. The monoisotopic (exact) mass is 256 g/mol. The Morgan fingerprint density at radius 1 is 1.06 bits per heavy atom. The Labute approximate surface area is 108 Å². The molecule has 0 aliphatic rings. The van der Waals surface area contributed by atoms with Crippen molar-refractivity contribution in [2.45, 2.75) is 65.1 Å². The zero-order valence-electron chi connectivity index (χ0n) is 12.4. The average Bonchev–Trinajstić information content (AvgIpc) is 2.17. The molecule has 0 radical (unpaired) electrons. The number of aldehydes is 1. The molecular formula is C14H28O2Si. The Morgan fingerprint density at radius 2 is 1.47 bits per heavy atom. The van der Waals surface area contributed by atoms with Crippen LogP contribution in [0.4, 0.5) is 0 Å². The van der Waals surface area contributed by atoms with Crippen molar-refractivity contribution in [3.8, 4) is 0 Å². The molecule has 0 spiro atoms. The van der Waals surface area contributed by atoms with Crippen LogP contribution in [0.1, 0.15) is 48.5 Å². The number of carbonyl (C=O) groups is 1. The average molecular weight is 256 g/mol. The van der Waals surface area contributed by atoms with Gasteiger partial charge in [-0.15, -0.1) is 0 Å². The van der Waals surface area contributed by atoms with Gasteiger partial charge in [0.05, 0.1) is 6.61 Å². The van der Waals surface area contributed by atoms with E-state index in [1.807, 2.05) is 6.92 Å². The zero-order valence-corrected chi connectivity index (χ0v) is 13.4. The highest BCUT2D eigenvalue weighted by Gasteiger charge is 2.44. The predicted octanol–water partition coefficient (Wildman–Crippen LogP) is 4.32. The first-order valence-electron chi connectivity index (χ1n) is 6.53. The van der Waals surface area contributed by atoms with Gasteiger partial charge in [-0.25, -0.2) is 0 Å². The molecule has 0 heterocycles. The van der Waals surface area contributed by atoms with Crippen molar-refractivity contribution in [3.63, 3.8) is 0 Å². The smallest absolute Gasteiger partial charge is 0.200 e. The van der Waals surface area contributed by atoms with Gasteiger partial charge in [0.2, 0.25) is 8.32 Å². The van der Waals surface area contributed by atoms with Crippen LogP contribution in [0.2, 0.25) is 16.6 Å². The minimum atomic E-state index is -1.78. The van der Waals surface area contributed by atoms with Crippen molar-refractivity contribution < 1.29 is 9.22 Å². The molecule has 0 aromatic rings. The van der Waals surface area contributed by atoms with Crippen molar-refractivity contribution in [1.29, 1.82) is 0 Å². The third-order valence-electron chi connectivity index (χ3n) is 3.61. The summed E-state index contributed by atoms with van der Waals surface area (Å²) in [6.45, 7) is 16.2. The topological polar surface area (TPSA) is 26.3 Å². The Kier molecular flexibility index (Phi) is 6.94. The molecule has 0 bridgehead atoms. The van der Waals surface area contributed by atoms with Gasteiger partial charge in [0.1, 0.15) is 6.29 Å². The van der Waals surface area contributed by atoms with Gasteiger partial charge in [0.15, 0.2) is 0 Å². The summed E-state index contributed by atoms with van der Waals surface area (Å²) in [5.74, 6) is 0. The van der Waals surface area contributed by atoms with E-state index in [0.717, 1.165) is 11.9 Å². The first-order valence-corrected chi connectivity index (χ1v) is 8.67. The maximum Gasteiger partial charge on any atom is 0.200 e. The highest BCUT2D eigenvalue weighted by molar-refractivity contribution is 6.77. The van der Waals surface area contributed by atoms with Gasteiger partial charge in [-0.3, -0.25) is 4.79 Å². The van der Waals surface area contributed by atoms with Crippen molar-refractivity contribution in [2.75, 3.05) is 6.61 Å². The van der Waals surface area contributed by atoms with Crippen LogP contribution in [-0.4, -0.2) is 21.2 Å². The second kappa shape index (κ2) is 7.12. The van der Waals surface area contributed by atoms with Crippen LogP contribution in [-0.2, 0) is 9.22 Å². The minimum Gasteiger partial charge on any atom is -0.412 e. The lowest BCUT2D eigenvalue weighted by Crippen LogP contribution is -2.48. The van der Waals surface area contributed by atoms with E-state index in [2.05, 4.69) is 41.5 Å². The molecule has 0 aromatic carbocycles. The van der Waals surface area contributed by atoms with Crippen LogP contribution < -0.4 is 0 Å². The van der Waals surface area contributed by atoms with E-state index < -0.39 is 8.32 Å². The van der Waals surface area contributed by atoms with Crippen molar-refractivity contribution in [2.24, 2.45) is 0 Å². The van der Waals surface area contributed by atoms with E-state index in [1.54, 1.807) is 6.08 Å². The molecule has 0 rings (SSSR count). The predicted molar refractivity (Wildman–Crippen MR) is 76.8 cm³/mol. The maximum atomic E-state index is 10.4. The van der Waals surface area contributed by atoms with Gasteiger partial charge in [0, 0.05) is 0 Å². The van der Waals surface area contributed by atoms with Gasteiger partial charge in [-0.05, 0) is 35.2 Å². The highest BCUT2D eigenvalue weighted by Crippen LogP contribution is 2.42. The molecule has 0 N–H and O–H groups in total. The number of hydrogen-bond donors (Lipinski definition) is 0. The molecule has 0 saturated carbocycles. The summed E-state index contributed by atoms with van der Waals surface area (Å²) in [5.41, 5.74) is 2.78. The van der Waals surface area contributed by atoms with Crippen LogP contribution in [0.15, 0.2) is 11.6 Å². The lowest BCUT2D eigenvalue weighted by Gasteiger charge is -2.42. The number of hydrogen-bond acceptors (Lipinski definition) is 2. The summed E-state index contributed by atoms with van der Waals surface area (Å²) in [6, 6.07) is 0. The molecule has 0 atom stereocenters. The van der Waals surface area contributed by atoms with Gasteiger partial charge in [-0.1, -0.05) is 41.5 Å². The van der Waals surface area contributed by atoms with E-state index in [1.165, 1.54) is 0 Å². The number of rotatable bonds is 7. The third-order valence-corrected chi connectivity index (χ3v) is 9.67. The van der Waals surface area contributed by atoms with Crippen LogP contribution in [0.3, 0.4) is 0 Å². The highest BCUT2D eigenvalue weighted by atomic mass is 28.4. The minimum absolute atomic E-state index is 0.589. The third kappa shape index (κ3) is 4.07. The van der Waals surface area contributed by atoms with Gasteiger partial charge >= 0.3 is 0 Å². The van der Waals surface area contributed by atoms with Crippen LogP contribution in [0, 0.1) is 0 Å². The second-order valence-corrected chi connectivity index (χ2v) is 11.2. The van der Waals surface area contributed by atoms with Gasteiger partial charge in [-0.2, -0.15) is 0 Å². The Balaban J connectivity index is 4.94. The number of allylic oxidation sites excluding steroid dienone is 1. The van der Waals surface area contributed by atoms with Crippen LogP contribution in [0.5, 0.6) is 0 Å². The van der Waals surface area contributed by atoms with E-state index in [9.17, 15) is 4.79 Å². The molecule has 100 valence electrons.